The molecule has 6 nitrogen and oxygen atoms in total. The molecule has 0 aliphatic heterocycles. The molecule has 0 fully saturated rings. The second-order valence-corrected chi connectivity index (χ2v) is 5.43. The van der Waals surface area contributed by atoms with Crippen LogP contribution in [0.5, 0.6) is 5.75 Å². The second kappa shape index (κ2) is 7.41. The van der Waals surface area contributed by atoms with E-state index in [-0.39, 0.29) is 22.4 Å². The second-order valence-electron chi connectivity index (χ2n) is 4.08. The summed E-state index contributed by atoms with van der Waals surface area (Å²) in [6.07, 6.45) is 1.53. The van der Waals surface area contributed by atoms with Crippen LogP contribution >= 0.6 is 23.4 Å². The number of anilines is 1. The third kappa shape index (κ3) is 4.57. The largest absolute Gasteiger partial charge is 0.433 e. The molecule has 1 aromatic heterocycles. The number of nitrogens with zero attached hydrogens (tertiary/aromatic N) is 3. The number of amides is 1. The fraction of sp³-hybridized carbons (Fsp3) is 0.250. The summed E-state index contributed by atoms with van der Waals surface area (Å²) in [7, 11) is 1.77. The number of alkyl halides is 2. The summed E-state index contributed by atoms with van der Waals surface area (Å²) in [5.41, 5.74) is 0.384. The lowest BCUT2D eigenvalue weighted by Gasteiger charge is -2.09. The van der Waals surface area contributed by atoms with E-state index in [0.717, 1.165) is 0 Å². The van der Waals surface area contributed by atoms with Gasteiger partial charge in [0.15, 0.2) is 5.16 Å². The summed E-state index contributed by atoms with van der Waals surface area (Å²) < 4.78 is 30.1. The number of benzene rings is 1. The highest BCUT2D eigenvalue weighted by atomic mass is 35.5. The van der Waals surface area contributed by atoms with Crippen molar-refractivity contribution < 1.29 is 18.3 Å². The van der Waals surface area contributed by atoms with Gasteiger partial charge in [-0.3, -0.25) is 4.79 Å². The Morgan fingerprint density at radius 3 is 2.91 bits per heavy atom. The highest BCUT2D eigenvalue weighted by Crippen LogP contribution is 2.29. The van der Waals surface area contributed by atoms with E-state index in [4.69, 9.17) is 11.6 Å². The first-order chi connectivity index (χ1) is 10.5. The van der Waals surface area contributed by atoms with Crippen LogP contribution in [-0.2, 0) is 11.8 Å². The van der Waals surface area contributed by atoms with Crippen molar-refractivity contribution in [2.24, 2.45) is 7.05 Å². The van der Waals surface area contributed by atoms with Gasteiger partial charge >= 0.3 is 6.61 Å². The van der Waals surface area contributed by atoms with E-state index in [1.807, 2.05) is 0 Å². The Kier molecular flexibility index (Phi) is 5.56. The van der Waals surface area contributed by atoms with Crippen LogP contribution in [0.4, 0.5) is 14.5 Å². The minimum atomic E-state index is -2.96. The molecule has 0 bridgehead atoms. The molecule has 2 rings (SSSR count). The zero-order chi connectivity index (χ0) is 16.1. The van der Waals surface area contributed by atoms with Crippen molar-refractivity contribution in [3.05, 3.63) is 29.5 Å². The molecular weight excluding hydrogens is 338 g/mol. The number of rotatable bonds is 6. The predicted molar refractivity (Wildman–Crippen MR) is 78.4 cm³/mol. The minimum Gasteiger partial charge on any atom is -0.433 e. The molecule has 22 heavy (non-hydrogen) atoms. The maximum absolute atomic E-state index is 12.1. The van der Waals surface area contributed by atoms with E-state index in [0.29, 0.717) is 10.8 Å². The minimum absolute atomic E-state index is 0.0148. The monoisotopic (exact) mass is 348 g/mol. The van der Waals surface area contributed by atoms with Crippen molar-refractivity contribution in [2.45, 2.75) is 11.8 Å². The zero-order valence-electron chi connectivity index (χ0n) is 11.3. The molecule has 0 spiro atoms. The van der Waals surface area contributed by atoms with Gasteiger partial charge in [-0.2, -0.15) is 8.78 Å². The van der Waals surface area contributed by atoms with E-state index >= 15 is 0 Å². The van der Waals surface area contributed by atoms with Crippen LogP contribution in [0.1, 0.15) is 0 Å². The first-order valence-electron chi connectivity index (χ1n) is 5.96. The van der Waals surface area contributed by atoms with Crippen molar-refractivity contribution >= 4 is 35.0 Å². The Bertz CT molecular complexity index is 668. The number of thioether (sulfide) groups is 1. The fourth-order valence-corrected chi connectivity index (χ4v) is 2.41. The van der Waals surface area contributed by atoms with Gasteiger partial charge in [0.2, 0.25) is 5.91 Å². The third-order valence-electron chi connectivity index (χ3n) is 2.43. The molecular formula is C12H11ClF2N4O2S. The van der Waals surface area contributed by atoms with Gasteiger partial charge in [0, 0.05) is 12.7 Å². The van der Waals surface area contributed by atoms with Gasteiger partial charge in [-0.15, -0.1) is 10.2 Å². The molecule has 0 radical (unpaired) electrons. The Hall–Kier alpha value is -1.87. The molecule has 0 unspecified atom stereocenters. The molecule has 2 aromatic rings. The van der Waals surface area contributed by atoms with Crippen molar-refractivity contribution in [3.8, 4) is 5.75 Å². The maximum atomic E-state index is 12.1. The van der Waals surface area contributed by atoms with Gasteiger partial charge < -0.3 is 14.6 Å². The SMILES string of the molecule is Cn1cnnc1SCC(=O)Nc1ccc(OC(F)F)c(Cl)c1. The van der Waals surface area contributed by atoms with Crippen LogP contribution in [-0.4, -0.2) is 33.0 Å². The summed E-state index contributed by atoms with van der Waals surface area (Å²) in [6.45, 7) is -2.96. The van der Waals surface area contributed by atoms with Crippen molar-refractivity contribution in [1.82, 2.24) is 14.8 Å². The Labute approximate surface area is 133 Å². The molecule has 0 atom stereocenters. The van der Waals surface area contributed by atoms with Gasteiger partial charge in [-0.05, 0) is 18.2 Å². The molecule has 0 saturated carbocycles. The third-order valence-corrected chi connectivity index (χ3v) is 3.76. The van der Waals surface area contributed by atoms with Crippen LogP contribution in [0.25, 0.3) is 0 Å². The van der Waals surface area contributed by atoms with E-state index in [1.54, 1.807) is 11.6 Å². The van der Waals surface area contributed by atoms with Crippen LogP contribution in [0.15, 0.2) is 29.7 Å². The highest BCUT2D eigenvalue weighted by molar-refractivity contribution is 7.99. The normalized spacial score (nSPS) is 10.8. The van der Waals surface area contributed by atoms with Crippen LogP contribution in [0.2, 0.25) is 5.02 Å². The number of ether oxygens (including phenoxy) is 1. The first kappa shape index (κ1) is 16.5. The van der Waals surface area contributed by atoms with Gasteiger partial charge in [0.25, 0.3) is 0 Å². The lowest BCUT2D eigenvalue weighted by Crippen LogP contribution is -2.14. The van der Waals surface area contributed by atoms with E-state index in [9.17, 15) is 13.6 Å². The number of halogens is 3. The van der Waals surface area contributed by atoms with Crippen molar-refractivity contribution in [1.29, 1.82) is 0 Å². The van der Waals surface area contributed by atoms with E-state index in [1.165, 1.54) is 36.3 Å². The Morgan fingerprint density at radius 2 is 2.32 bits per heavy atom. The molecule has 0 aliphatic carbocycles. The number of aromatic nitrogens is 3. The van der Waals surface area contributed by atoms with Gasteiger partial charge in [-0.25, -0.2) is 0 Å². The highest BCUT2D eigenvalue weighted by Gasteiger charge is 2.11. The van der Waals surface area contributed by atoms with Gasteiger partial charge in [-0.1, -0.05) is 23.4 Å². The number of hydrogen-bond donors (Lipinski definition) is 1. The molecule has 1 heterocycles. The molecule has 0 aliphatic rings. The van der Waals surface area contributed by atoms with Gasteiger partial charge in [0.05, 0.1) is 10.8 Å². The number of nitrogens with one attached hydrogen (secondary N) is 1. The van der Waals surface area contributed by atoms with Crippen LogP contribution in [0, 0.1) is 0 Å². The first-order valence-corrected chi connectivity index (χ1v) is 7.33. The van der Waals surface area contributed by atoms with Crippen LogP contribution in [0.3, 0.4) is 0 Å². The molecule has 1 N–H and O–H groups in total. The molecule has 1 aromatic carbocycles. The summed E-state index contributed by atoms with van der Waals surface area (Å²) >= 11 is 7.02. The Morgan fingerprint density at radius 1 is 1.55 bits per heavy atom. The average Bonchev–Trinajstić information content (AvgIpc) is 2.85. The molecule has 118 valence electrons. The summed E-state index contributed by atoms with van der Waals surface area (Å²) in [5.74, 6) is -0.311. The molecule has 1 amide bonds. The average molecular weight is 349 g/mol. The fourth-order valence-electron chi connectivity index (χ4n) is 1.50. The van der Waals surface area contributed by atoms with Crippen LogP contribution < -0.4 is 10.1 Å². The summed E-state index contributed by atoms with van der Waals surface area (Å²) in [6, 6.07) is 4.03. The lowest BCUT2D eigenvalue weighted by molar-refractivity contribution is -0.113. The number of aryl methyl sites for hydroxylation is 1. The summed E-state index contributed by atoms with van der Waals surface area (Å²) in [4.78, 5) is 11.8. The summed E-state index contributed by atoms with van der Waals surface area (Å²) in [5, 5.41) is 10.7. The topological polar surface area (TPSA) is 69.0 Å². The lowest BCUT2D eigenvalue weighted by atomic mass is 10.3. The van der Waals surface area contributed by atoms with E-state index < -0.39 is 6.61 Å². The van der Waals surface area contributed by atoms with Crippen molar-refractivity contribution in [2.75, 3.05) is 11.1 Å². The Balaban J connectivity index is 1.91. The van der Waals surface area contributed by atoms with Crippen molar-refractivity contribution in [3.63, 3.8) is 0 Å². The molecule has 10 heteroatoms. The predicted octanol–water partition coefficient (Wildman–Crippen LogP) is 2.80. The standard InChI is InChI=1S/C12H11ClF2N4O2S/c1-19-6-16-18-12(19)22-5-10(20)17-7-2-3-9(8(13)4-7)21-11(14)15/h2-4,6,11H,5H2,1H3,(H,17,20). The number of carbonyl (C=O) groups is 1. The quantitative estimate of drug-likeness (QED) is 0.813. The number of carbonyl (C=O) groups excluding carboxylic acids is 1. The maximum Gasteiger partial charge on any atom is 0.387 e. The van der Waals surface area contributed by atoms with Gasteiger partial charge in [0.1, 0.15) is 12.1 Å². The molecule has 0 saturated heterocycles. The smallest absolute Gasteiger partial charge is 0.387 e. The number of hydrogen-bond acceptors (Lipinski definition) is 5. The van der Waals surface area contributed by atoms with E-state index in [2.05, 4.69) is 20.3 Å². The zero-order valence-corrected chi connectivity index (χ0v) is 12.9.